The third-order valence-electron chi connectivity index (χ3n) is 6.34. The summed E-state index contributed by atoms with van der Waals surface area (Å²) in [4.78, 5) is 0. The normalized spacial score (nSPS) is 35.4. The number of methoxy groups -OCH3 is 1. The molecule has 134 valence electrons. The van der Waals surface area contributed by atoms with E-state index in [1.165, 1.54) is 16.7 Å². The summed E-state index contributed by atoms with van der Waals surface area (Å²) in [6, 6.07) is 2.10. The lowest BCUT2D eigenvalue weighted by Gasteiger charge is -2.37. The first-order chi connectivity index (χ1) is 11.9. The van der Waals surface area contributed by atoms with Crippen LogP contribution >= 0.6 is 0 Å². The molecule has 1 aliphatic carbocycles. The van der Waals surface area contributed by atoms with Gasteiger partial charge < -0.3 is 19.1 Å². The molecular formula is C21H28NO3+. The first-order valence-electron chi connectivity index (χ1n) is 9.12. The molecule has 4 heteroatoms. The van der Waals surface area contributed by atoms with Crippen LogP contribution in [0.1, 0.15) is 29.5 Å². The van der Waals surface area contributed by atoms with Crippen molar-refractivity contribution in [3.8, 4) is 11.5 Å². The highest BCUT2D eigenvalue weighted by molar-refractivity contribution is 5.63. The average molecular weight is 342 g/mol. The molecule has 0 fully saturated rings. The summed E-state index contributed by atoms with van der Waals surface area (Å²) in [6.07, 6.45) is 7.39. The maximum Gasteiger partial charge on any atom is 0.166 e. The van der Waals surface area contributed by atoms with E-state index in [2.05, 4.69) is 32.7 Å². The number of nitrogens with zero attached hydrogens (tertiary/aromatic N) is 1. The monoisotopic (exact) mass is 342 g/mol. The van der Waals surface area contributed by atoms with Gasteiger partial charge in [-0.1, -0.05) is 18.7 Å². The van der Waals surface area contributed by atoms with Crippen molar-refractivity contribution in [3.63, 3.8) is 0 Å². The first kappa shape index (κ1) is 16.7. The average Bonchev–Trinajstić information content (AvgIpc) is 2.83. The lowest BCUT2D eigenvalue weighted by molar-refractivity contribution is -0.917. The van der Waals surface area contributed by atoms with E-state index in [1.807, 2.05) is 12.2 Å². The fraction of sp³-hybridized carbons (Fsp3) is 0.524. The summed E-state index contributed by atoms with van der Waals surface area (Å²) in [6.45, 7) is 9.12. The van der Waals surface area contributed by atoms with Gasteiger partial charge in [-0.05, 0) is 24.6 Å². The molecule has 4 rings (SSSR count). The van der Waals surface area contributed by atoms with Crippen molar-refractivity contribution >= 4 is 0 Å². The highest BCUT2D eigenvalue weighted by atomic mass is 16.5. The number of aryl methyl sites for hydroxylation is 1. The Balaban J connectivity index is 1.96. The third-order valence-corrected chi connectivity index (χ3v) is 6.34. The van der Waals surface area contributed by atoms with Crippen LogP contribution < -0.4 is 9.47 Å². The maximum absolute atomic E-state index is 10.2. The number of hydrogen-bond acceptors (Lipinski definition) is 3. The lowest BCUT2D eigenvalue weighted by Crippen LogP contribution is -2.47. The third kappa shape index (κ3) is 2.35. The molecule has 1 aromatic carbocycles. The molecule has 2 aliphatic heterocycles. The molecule has 0 saturated carbocycles. The topological polar surface area (TPSA) is 38.7 Å². The Morgan fingerprint density at radius 3 is 3.04 bits per heavy atom. The van der Waals surface area contributed by atoms with E-state index >= 15 is 0 Å². The number of ether oxygens (including phenoxy) is 2. The molecular weight excluding hydrogens is 314 g/mol. The molecule has 3 aliphatic rings. The van der Waals surface area contributed by atoms with Crippen LogP contribution in [0.5, 0.6) is 11.5 Å². The number of quaternary nitrogens is 1. The van der Waals surface area contributed by atoms with Crippen molar-refractivity contribution in [2.45, 2.75) is 43.9 Å². The molecule has 0 saturated heterocycles. The molecule has 4 nitrogen and oxygen atoms in total. The van der Waals surface area contributed by atoms with E-state index < -0.39 is 6.10 Å². The second-order valence-electron chi connectivity index (χ2n) is 8.11. The predicted molar refractivity (Wildman–Crippen MR) is 98.0 cm³/mol. The van der Waals surface area contributed by atoms with Gasteiger partial charge >= 0.3 is 0 Å². The van der Waals surface area contributed by atoms with Crippen molar-refractivity contribution in [1.29, 1.82) is 0 Å². The first-order valence-corrected chi connectivity index (χ1v) is 9.12. The van der Waals surface area contributed by atoms with Gasteiger partial charge in [-0.15, -0.1) is 0 Å². The Labute approximate surface area is 149 Å². The minimum Gasteiger partial charge on any atom is -0.493 e. The number of aliphatic hydroxyl groups excluding tert-OH is 1. The number of rotatable bonds is 3. The zero-order chi connectivity index (χ0) is 17.8. The SMILES string of the molecule is C=CC[N+]1(C)CCC23C=C[C@@H](O)CC2Oc2c(OC)cc(C)c(c23)C1. The van der Waals surface area contributed by atoms with Gasteiger partial charge in [-0.2, -0.15) is 0 Å². The highest BCUT2D eigenvalue weighted by Crippen LogP contribution is 2.57. The van der Waals surface area contributed by atoms with Crippen molar-refractivity contribution in [1.82, 2.24) is 0 Å². The van der Waals surface area contributed by atoms with Crippen LogP contribution in [0.4, 0.5) is 0 Å². The summed E-state index contributed by atoms with van der Waals surface area (Å²) >= 11 is 0. The molecule has 3 unspecified atom stereocenters. The largest absolute Gasteiger partial charge is 0.493 e. The van der Waals surface area contributed by atoms with Crippen LogP contribution in [0, 0.1) is 6.92 Å². The molecule has 2 heterocycles. The van der Waals surface area contributed by atoms with E-state index in [1.54, 1.807) is 7.11 Å². The van der Waals surface area contributed by atoms with E-state index in [4.69, 9.17) is 9.47 Å². The van der Waals surface area contributed by atoms with Crippen molar-refractivity contribution in [2.24, 2.45) is 0 Å². The minimum atomic E-state index is -0.433. The highest BCUT2D eigenvalue weighted by Gasteiger charge is 2.55. The number of benzene rings is 1. The number of hydrogen-bond donors (Lipinski definition) is 1. The molecule has 0 radical (unpaired) electrons. The van der Waals surface area contributed by atoms with Gasteiger partial charge in [0.15, 0.2) is 11.5 Å². The van der Waals surface area contributed by atoms with E-state index in [0.29, 0.717) is 6.42 Å². The van der Waals surface area contributed by atoms with Gasteiger partial charge in [0.05, 0.1) is 38.8 Å². The summed E-state index contributed by atoms with van der Waals surface area (Å²) in [5.41, 5.74) is 3.78. The smallest absolute Gasteiger partial charge is 0.166 e. The molecule has 1 spiro atoms. The quantitative estimate of drug-likeness (QED) is 0.678. The predicted octanol–water partition coefficient (Wildman–Crippen LogP) is 2.86. The van der Waals surface area contributed by atoms with Crippen LogP contribution in [0.25, 0.3) is 0 Å². The van der Waals surface area contributed by atoms with E-state index in [-0.39, 0.29) is 11.5 Å². The van der Waals surface area contributed by atoms with E-state index in [0.717, 1.165) is 42.0 Å². The molecule has 1 aromatic rings. The van der Waals surface area contributed by atoms with Gasteiger partial charge in [0.1, 0.15) is 12.6 Å². The second kappa shape index (κ2) is 5.61. The summed E-state index contributed by atoms with van der Waals surface area (Å²) in [7, 11) is 4.02. The molecule has 0 amide bonds. The Morgan fingerprint density at radius 1 is 1.52 bits per heavy atom. The maximum atomic E-state index is 10.2. The summed E-state index contributed by atoms with van der Waals surface area (Å²) < 4.78 is 13.0. The zero-order valence-corrected chi connectivity index (χ0v) is 15.4. The zero-order valence-electron chi connectivity index (χ0n) is 15.4. The Bertz CT molecular complexity index is 756. The van der Waals surface area contributed by atoms with Crippen molar-refractivity contribution in [3.05, 3.63) is 47.6 Å². The van der Waals surface area contributed by atoms with Gasteiger partial charge in [0.2, 0.25) is 0 Å². The summed E-state index contributed by atoms with van der Waals surface area (Å²) in [5.74, 6) is 1.70. The summed E-state index contributed by atoms with van der Waals surface area (Å²) in [5, 5.41) is 10.2. The van der Waals surface area contributed by atoms with Crippen LogP contribution in [0.15, 0.2) is 30.9 Å². The van der Waals surface area contributed by atoms with Crippen LogP contribution in [0.3, 0.4) is 0 Å². The fourth-order valence-electron chi connectivity index (χ4n) is 4.96. The molecule has 0 aromatic heterocycles. The van der Waals surface area contributed by atoms with Gasteiger partial charge in [-0.25, -0.2) is 0 Å². The minimum absolute atomic E-state index is 0.0211. The van der Waals surface area contributed by atoms with Gasteiger partial charge in [0.25, 0.3) is 0 Å². The van der Waals surface area contributed by atoms with Crippen molar-refractivity contribution < 1.29 is 19.1 Å². The second-order valence-corrected chi connectivity index (χ2v) is 8.11. The molecule has 25 heavy (non-hydrogen) atoms. The molecule has 0 bridgehead atoms. The van der Waals surface area contributed by atoms with Crippen LogP contribution in [0.2, 0.25) is 0 Å². The Hall–Kier alpha value is -1.78. The van der Waals surface area contributed by atoms with Crippen LogP contribution in [-0.2, 0) is 12.0 Å². The number of likely N-dealkylation sites (N-methyl/N-ethyl adjacent to an activating group) is 1. The lowest BCUT2D eigenvalue weighted by atomic mass is 9.68. The van der Waals surface area contributed by atoms with Crippen LogP contribution in [-0.4, -0.2) is 49.0 Å². The molecule has 1 N–H and O–H groups in total. The standard InChI is InChI=1S/C21H28NO3/c1-5-9-22(3)10-8-21-7-6-15(23)12-18(21)25-20-17(24-4)11-14(2)16(13-22)19(20)21/h5-7,11,15,18,23H,1,8-10,12-13H2,2-4H3/q+1/t15-,18?,21?,22?/m1/s1. The van der Waals surface area contributed by atoms with Gasteiger partial charge in [-0.3, -0.25) is 0 Å². The van der Waals surface area contributed by atoms with Crippen molar-refractivity contribution in [2.75, 3.05) is 27.2 Å². The van der Waals surface area contributed by atoms with Gasteiger partial charge in [0, 0.05) is 24.0 Å². The number of aliphatic hydroxyl groups is 1. The molecule has 4 atom stereocenters. The van der Waals surface area contributed by atoms with E-state index in [9.17, 15) is 5.11 Å². The Morgan fingerprint density at radius 2 is 2.32 bits per heavy atom. The fourth-order valence-corrected chi connectivity index (χ4v) is 4.96. The Kier molecular flexibility index (Phi) is 3.74.